The highest BCUT2D eigenvalue weighted by atomic mass is 35.5. The smallest absolute Gasteiger partial charge is 0.326 e. The van der Waals surface area contributed by atoms with Crippen LogP contribution < -0.4 is 20.3 Å². The summed E-state index contributed by atoms with van der Waals surface area (Å²) in [6, 6.07) is 8.89. The highest BCUT2D eigenvalue weighted by Crippen LogP contribution is 2.14. The van der Waals surface area contributed by atoms with E-state index in [0.29, 0.717) is 17.3 Å². The first-order valence-electron chi connectivity index (χ1n) is 7.98. The number of anilines is 2. The molecule has 0 unspecified atom stereocenters. The number of nitrogens with one attached hydrogen (secondary N) is 2. The number of urea groups is 1. The molecule has 0 aliphatic carbocycles. The van der Waals surface area contributed by atoms with Crippen LogP contribution in [0.3, 0.4) is 0 Å². The van der Waals surface area contributed by atoms with Crippen molar-refractivity contribution in [2.45, 2.75) is 0 Å². The van der Waals surface area contributed by atoms with Gasteiger partial charge in [-0.05, 0) is 36.4 Å². The monoisotopic (exact) mass is 407 g/mol. The molecule has 2 N–H and O–H groups in total. The Balaban J connectivity index is 1.72. The summed E-state index contributed by atoms with van der Waals surface area (Å²) in [7, 11) is 3.12. The molecule has 10 nitrogen and oxygen atoms in total. The van der Waals surface area contributed by atoms with Crippen molar-refractivity contribution in [3.63, 3.8) is 0 Å². The minimum Gasteiger partial charge on any atom is -0.497 e. The van der Waals surface area contributed by atoms with E-state index in [2.05, 4.69) is 20.8 Å². The van der Waals surface area contributed by atoms with Crippen LogP contribution in [0.25, 0.3) is 0 Å². The molecule has 28 heavy (non-hydrogen) atoms. The fourth-order valence-corrected chi connectivity index (χ4v) is 2.08. The highest BCUT2D eigenvalue weighted by molar-refractivity contribution is 6.29. The summed E-state index contributed by atoms with van der Waals surface area (Å²) in [4.78, 5) is 36.8. The molecule has 0 fully saturated rings. The second-order valence-electron chi connectivity index (χ2n) is 5.46. The SMILES string of the molecule is COc1ccc(NC(=O)NC(=O)COC(=O)CN(C)c2ccc(Cl)nn2)cc1. The van der Waals surface area contributed by atoms with E-state index in [1.165, 1.54) is 18.1 Å². The molecule has 3 amide bonds. The summed E-state index contributed by atoms with van der Waals surface area (Å²) < 4.78 is 9.84. The molecule has 0 aliphatic heterocycles. The zero-order chi connectivity index (χ0) is 20.5. The molecule has 1 heterocycles. The maximum atomic E-state index is 11.8. The predicted octanol–water partition coefficient (Wildman–Crippen LogP) is 1.47. The standard InChI is InChI=1S/C17H18ClN5O5/c1-23(14-8-7-13(18)21-22-14)9-16(25)28-10-15(24)20-17(26)19-11-3-5-12(27-2)6-4-11/h3-8H,9-10H2,1-2H3,(H2,19,20,24,26). The van der Waals surface area contributed by atoms with Crippen molar-refractivity contribution in [1.29, 1.82) is 0 Å². The Bertz CT molecular complexity index is 829. The van der Waals surface area contributed by atoms with E-state index >= 15 is 0 Å². The normalized spacial score (nSPS) is 9.96. The lowest BCUT2D eigenvalue weighted by Crippen LogP contribution is -2.38. The Morgan fingerprint density at radius 2 is 1.82 bits per heavy atom. The van der Waals surface area contributed by atoms with E-state index in [9.17, 15) is 14.4 Å². The van der Waals surface area contributed by atoms with Gasteiger partial charge >= 0.3 is 12.0 Å². The van der Waals surface area contributed by atoms with Crippen molar-refractivity contribution >= 4 is 41.0 Å². The third-order valence-electron chi connectivity index (χ3n) is 3.34. The number of halogens is 1. The van der Waals surface area contributed by atoms with Crippen LogP contribution in [0.5, 0.6) is 5.75 Å². The topological polar surface area (TPSA) is 123 Å². The molecule has 1 aromatic heterocycles. The molecule has 0 spiro atoms. The molecule has 2 rings (SSSR count). The first-order chi connectivity index (χ1) is 13.4. The number of carbonyl (C=O) groups is 3. The molecule has 0 saturated carbocycles. The fraction of sp³-hybridized carbons (Fsp3) is 0.235. The van der Waals surface area contributed by atoms with Crippen molar-refractivity contribution in [3.05, 3.63) is 41.6 Å². The van der Waals surface area contributed by atoms with Crippen molar-refractivity contribution in [2.75, 3.05) is 37.5 Å². The average molecular weight is 408 g/mol. The van der Waals surface area contributed by atoms with Gasteiger partial charge in [-0.15, -0.1) is 10.2 Å². The second-order valence-corrected chi connectivity index (χ2v) is 5.85. The van der Waals surface area contributed by atoms with Crippen molar-refractivity contribution < 1.29 is 23.9 Å². The molecule has 1 aromatic carbocycles. The third kappa shape index (κ3) is 6.72. The number of benzene rings is 1. The van der Waals surface area contributed by atoms with E-state index < -0.39 is 24.5 Å². The molecule has 11 heteroatoms. The number of rotatable bonds is 7. The van der Waals surface area contributed by atoms with Crippen LogP contribution in [-0.2, 0) is 14.3 Å². The Kier molecular flexibility index (Phi) is 7.52. The van der Waals surface area contributed by atoms with Crippen LogP contribution in [0.15, 0.2) is 36.4 Å². The predicted molar refractivity (Wildman–Crippen MR) is 101 cm³/mol. The van der Waals surface area contributed by atoms with Gasteiger partial charge in [-0.25, -0.2) is 4.79 Å². The van der Waals surface area contributed by atoms with Crippen LogP contribution in [0.4, 0.5) is 16.3 Å². The third-order valence-corrected chi connectivity index (χ3v) is 3.54. The number of hydrogen-bond donors (Lipinski definition) is 2. The molecule has 2 aromatic rings. The van der Waals surface area contributed by atoms with Gasteiger partial charge in [0, 0.05) is 12.7 Å². The van der Waals surface area contributed by atoms with Gasteiger partial charge < -0.3 is 19.7 Å². The summed E-state index contributed by atoms with van der Waals surface area (Å²) in [6.07, 6.45) is 0. The molecule has 0 saturated heterocycles. The minimum absolute atomic E-state index is 0.165. The molecular weight excluding hydrogens is 390 g/mol. The number of imide groups is 1. The van der Waals surface area contributed by atoms with Gasteiger partial charge in [0.1, 0.15) is 12.3 Å². The number of hydrogen-bond acceptors (Lipinski definition) is 8. The molecule has 0 atom stereocenters. The Morgan fingerprint density at radius 1 is 1.11 bits per heavy atom. The van der Waals surface area contributed by atoms with Crippen LogP contribution in [0.1, 0.15) is 0 Å². The van der Waals surface area contributed by atoms with Crippen LogP contribution >= 0.6 is 11.6 Å². The van der Waals surface area contributed by atoms with Gasteiger partial charge in [-0.1, -0.05) is 11.6 Å². The summed E-state index contributed by atoms with van der Waals surface area (Å²) in [5.74, 6) is -0.411. The first-order valence-corrected chi connectivity index (χ1v) is 8.36. The largest absolute Gasteiger partial charge is 0.497 e. The highest BCUT2D eigenvalue weighted by Gasteiger charge is 2.14. The summed E-state index contributed by atoms with van der Waals surface area (Å²) in [6.45, 7) is -0.767. The van der Waals surface area contributed by atoms with Crippen LogP contribution in [0.2, 0.25) is 5.15 Å². The van der Waals surface area contributed by atoms with Gasteiger partial charge in [0.25, 0.3) is 5.91 Å². The van der Waals surface area contributed by atoms with Gasteiger partial charge in [0.2, 0.25) is 0 Å². The maximum Gasteiger partial charge on any atom is 0.326 e. The number of methoxy groups -OCH3 is 1. The quantitative estimate of drug-likeness (QED) is 0.661. The maximum absolute atomic E-state index is 11.8. The van der Waals surface area contributed by atoms with Crippen molar-refractivity contribution in [3.8, 4) is 5.75 Å². The number of amides is 3. The number of nitrogens with zero attached hydrogens (tertiary/aromatic N) is 3. The molecular formula is C17H18ClN5O5. The Morgan fingerprint density at radius 3 is 2.43 bits per heavy atom. The number of carbonyl (C=O) groups excluding carboxylic acids is 3. The minimum atomic E-state index is -0.770. The van der Waals surface area contributed by atoms with E-state index in [4.69, 9.17) is 21.1 Å². The summed E-state index contributed by atoms with van der Waals surface area (Å²) in [5, 5.41) is 12.2. The van der Waals surface area contributed by atoms with E-state index in [0.717, 1.165) is 0 Å². The number of aromatic nitrogens is 2. The average Bonchev–Trinajstić information content (AvgIpc) is 2.67. The van der Waals surface area contributed by atoms with Crippen molar-refractivity contribution in [1.82, 2.24) is 15.5 Å². The summed E-state index contributed by atoms with van der Waals surface area (Å²) in [5.41, 5.74) is 0.466. The number of esters is 1. The van der Waals surface area contributed by atoms with Gasteiger partial charge in [0.05, 0.1) is 7.11 Å². The number of ether oxygens (including phenoxy) is 2. The van der Waals surface area contributed by atoms with Gasteiger partial charge in [-0.3, -0.25) is 14.9 Å². The van der Waals surface area contributed by atoms with Gasteiger partial charge in [0.15, 0.2) is 17.6 Å². The second kappa shape index (κ2) is 10.1. The van der Waals surface area contributed by atoms with Crippen LogP contribution in [-0.4, -0.2) is 55.4 Å². The summed E-state index contributed by atoms with van der Waals surface area (Å²) >= 11 is 5.65. The zero-order valence-corrected chi connectivity index (χ0v) is 15.9. The Hall–Kier alpha value is -3.40. The van der Waals surface area contributed by atoms with Crippen molar-refractivity contribution in [2.24, 2.45) is 0 Å². The van der Waals surface area contributed by atoms with E-state index in [1.54, 1.807) is 37.4 Å². The number of likely N-dealkylation sites (N-methyl/N-ethyl adjacent to an activating group) is 1. The van der Waals surface area contributed by atoms with Crippen LogP contribution in [0, 0.1) is 0 Å². The lowest BCUT2D eigenvalue weighted by Gasteiger charge is -2.16. The fourth-order valence-electron chi connectivity index (χ4n) is 1.98. The lowest BCUT2D eigenvalue weighted by atomic mass is 10.3. The Labute approximate surface area is 165 Å². The zero-order valence-electron chi connectivity index (χ0n) is 15.1. The first kappa shape index (κ1) is 20.9. The van der Waals surface area contributed by atoms with E-state index in [1.807, 2.05) is 0 Å². The molecule has 148 valence electrons. The van der Waals surface area contributed by atoms with E-state index in [-0.39, 0.29) is 11.7 Å². The molecule has 0 bridgehead atoms. The molecule has 0 aliphatic rings. The van der Waals surface area contributed by atoms with Gasteiger partial charge in [-0.2, -0.15) is 0 Å². The molecule has 0 radical (unpaired) electrons. The lowest BCUT2D eigenvalue weighted by molar-refractivity contribution is -0.146.